The number of carbonyl (C=O) groups excluding carboxylic acids is 1. The summed E-state index contributed by atoms with van der Waals surface area (Å²) in [5.41, 5.74) is 4.44. The van der Waals surface area contributed by atoms with Gasteiger partial charge in [0.25, 0.3) is 5.91 Å². The summed E-state index contributed by atoms with van der Waals surface area (Å²) in [7, 11) is 1.62. The van der Waals surface area contributed by atoms with Crippen LogP contribution in [-0.4, -0.2) is 25.8 Å². The molecule has 2 aromatic rings. The van der Waals surface area contributed by atoms with Gasteiger partial charge in [0, 0.05) is 0 Å². The number of ether oxygens (including phenoxy) is 2. The highest BCUT2D eigenvalue weighted by Gasteiger charge is 2.02. The molecular formula is C17H17IN2O3. The number of nitrogens with one attached hydrogen (secondary N) is 1. The molecule has 120 valence electrons. The van der Waals surface area contributed by atoms with Gasteiger partial charge in [-0.25, -0.2) is 5.43 Å². The molecule has 2 aromatic carbocycles. The minimum Gasteiger partial charge on any atom is -0.496 e. The van der Waals surface area contributed by atoms with Gasteiger partial charge in [0.1, 0.15) is 11.5 Å². The van der Waals surface area contributed by atoms with Gasteiger partial charge in [-0.2, -0.15) is 5.10 Å². The molecule has 6 heteroatoms. The molecule has 0 heterocycles. The maximum atomic E-state index is 11.7. The van der Waals surface area contributed by atoms with E-state index in [-0.39, 0.29) is 12.5 Å². The Morgan fingerprint density at radius 1 is 1.26 bits per heavy atom. The Hall–Kier alpha value is -2.09. The Morgan fingerprint density at radius 2 is 2.00 bits per heavy atom. The first-order chi connectivity index (χ1) is 11.1. The van der Waals surface area contributed by atoms with E-state index in [1.165, 1.54) is 0 Å². The third-order valence-corrected chi connectivity index (χ3v) is 3.81. The fraction of sp³-hybridized carbons (Fsp3) is 0.176. The Bertz CT molecular complexity index is 699. The first-order valence-electron chi connectivity index (χ1n) is 6.93. The van der Waals surface area contributed by atoms with Crippen LogP contribution >= 0.6 is 22.6 Å². The van der Waals surface area contributed by atoms with E-state index in [4.69, 9.17) is 9.47 Å². The molecule has 0 saturated heterocycles. The van der Waals surface area contributed by atoms with E-state index in [0.29, 0.717) is 5.75 Å². The van der Waals surface area contributed by atoms with E-state index in [2.05, 4.69) is 33.1 Å². The highest BCUT2D eigenvalue weighted by atomic mass is 127. The predicted octanol–water partition coefficient (Wildman–Crippen LogP) is 3.14. The van der Waals surface area contributed by atoms with Crippen LogP contribution in [0.25, 0.3) is 0 Å². The lowest BCUT2D eigenvalue weighted by Crippen LogP contribution is -2.24. The van der Waals surface area contributed by atoms with Crippen molar-refractivity contribution < 1.29 is 14.3 Å². The number of methoxy groups -OCH3 is 1. The summed E-state index contributed by atoms with van der Waals surface area (Å²) >= 11 is 2.18. The summed E-state index contributed by atoms with van der Waals surface area (Å²) < 4.78 is 11.5. The molecule has 0 radical (unpaired) electrons. The molecule has 0 unspecified atom stereocenters. The van der Waals surface area contributed by atoms with Crippen molar-refractivity contribution in [3.05, 3.63) is 57.2 Å². The third kappa shape index (κ3) is 5.55. The SMILES string of the molecule is COc1ccc(/C=N\NC(=O)COc2ccc(C)cc2)cc1I. The number of amides is 1. The predicted molar refractivity (Wildman–Crippen MR) is 98.1 cm³/mol. The Kier molecular flexibility index (Phi) is 6.40. The van der Waals surface area contributed by atoms with Gasteiger partial charge in [-0.3, -0.25) is 4.79 Å². The fourth-order valence-corrected chi connectivity index (χ4v) is 2.52. The zero-order valence-electron chi connectivity index (χ0n) is 12.9. The molecular weight excluding hydrogens is 407 g/mol. The highest BCUT2D eigenvalue weighted by molar-refractivity contribution is 14.1. The highest BCUT2D eigenvalue weighted by Crippen LogP contribution is 2.20. The number of hydrazone groups is 1. The minimum atomic E-state index is -0.315. The van der Waals surface area contributed by atoms with Gasteiger partial charge in [-0.05, 0) is 65.4 Å². The van der Waals surface area contributed by atoms with Gasteiger partial charge < -0.3 is 9.47 Å². The molecule has 0 aliphatic heterocycles. The van der Waals surface area contributed by atoms with Gasteiger partial charge >= 0.3 is 0 Å². The molecule has 5 nitrogen and oxygen atoms in total. The monoisotopic (exact) mass is 424 g/mol. The molecule has 0 aliphatic rings. The number of rotatable bonds is 6. The van der Waals surface area contributed by atoms with Crippen LogP contribution in [0, 0.1) is 10.5 Å². The minimum absolute atomic E-state index is 0.0828. The van der Waals surface area contributed by atoms with E-state index < -0.39 is 0 Å². The van der Waals surface area contributed by atoms with Crippen molar-refractivity contribution in [3.8, 4) is 11.5 Å². The molecule has 23 heavy (non-hydrogen) atoms. The van der Waals surface area contributed by atoms with Crippen LogP contribution in [0.5, 0.6) is 11.5 Å². The first-order valence-corrected chi connectivity index (χ1v) is 8.01. The van der Waals surface area contributed by atoms with Crippen molar-refractivity contribution in [2.45, 2.75) is 6.92 Å². The Balaban J connectivity index is 1.81. The van der Waals surface area contributed by atoms with E-state index in [1.54, 1.807) is 13.3 Å². The molecule has 0 aliphatic carbocycles. The molecule has 1 N–H and O–H groups in total. The van der Waals surface area contributed by atoms with Crippen LogP contribution in [0.1, 0.15) is 11.1 Å². The maximum Gasteiger partial charge on any atom is 0.277 e. The first kappa shape index (κ1) is 17.3. The number of nitrogens with zero attached hydrogens (tertiary/aromatic N) is 1. The molecule has 0 bridgehead atoms. The lowest BCUT2D eigenvalue weighted by molar-refractivity contribution is -0.123. The fourth-order valence-electron chi connectivity index (χ4n) is 1.76. The number of aryl methyl sites for hydroxylation is 1. The van der Waals surface area contributed by atoms with Crippen molar-refractivity contribution in [1.82, 2.24) is 5.43 Å². The van der Waals surface area contributed by atoms with Crippen LogP contribution in [0.4, 0.5) is 0 Å². The summed E-state index contributed by atoms with van der Waals surface area (Å²) in [6, 6.07) is 13.1. The second-order valence-corrected chi connectivity index (χ2v) is 5.95. The second kappa shape index (κ2) is 8.52. The Labute approximate surface area is 148 Å². The molecule has 1 amide bonds. The van der Waals surface area contributed by atoms with Crippen molar-refractivity contribution in [3.63, 3.8) is 0 Å². The van der Waals surface area contributed by atoms with Crippen molar-refractivity contribution in [2.24, 2.45) is 5.10 Å². The van der Waals surface area contributed by atoms with E-state index >= 15 is 0 Å². The molecule has 2 rings (SSSR count). The van der Waals surface area contributed by atoms with Crippen molar-refractivity contribution >= 4 is 34.7 Å². The van der Waals surface area contributed by atoms with Crippen LogP contribution in [0.3, 0.4) is 0 Å². The third-order valence-electron chi connectivity index (χ3n) is 2.97. The smallest absolute Gasteiger partial charge is 0.277 e. The summed E-state index contributed by atoms with van der Waals surface area (Å²) in [5.74, 6) is 1.14. The number of halogens is 1. The van der Waals surface area contributed by atoms with Crippen LogP contribution in [-0.2, 0) is 4.79 Å². The largest absolute Gasteiger partial charge is 0.496 e. The summed E-state index contributed by atoms with van der Waals surface area (Å²) in [6.45, 7) is 1.91. The normalized spacial score (nSPS) is 10.6. The quantitative estimate of drug-likeness (QED) is 0.441. The standard InChI is InChI=1S/C17H17IN2O3/c1-12-3-6-14(7-4-12)23-11-17(21)20-19-10-13-5-8-16(22-2)15(18)9-13/h3-10H,11H2,1-2H3,(H,20,21)/b19-10-. The van der Waals surface area contributed by atoms with E-state index in [0.717, 1.165) is 20.4 Å². The lowest BCUT2D eigenvalue weighted by atomic mass is 10.2. The van der Waals surface area contributed by atoms with Crippen LogP contribution in [0.2, 0.25) is 0 Å². The average molecular weight is 424 g/mol. The van der Waals surface area contributed by atoms with Gasteiger partial charge in [0.05, 0.1) is 16.9 Å². The molecule has 0 aromatic heterocycles. The molecule has 0 saturated carbocycles. The summed E-state index contributed by atoms with van der Waals surface area (Å²) in [6.07, 6.45) is 1.57. The topological polar surface area (TPSA) is 59.9 Å². The van der Waals surface area contributed by atoms with E-state index in [9.17, 15) is 4.79 Å². The van der Waals surface area contributed by atoms with Crippen LogP contribution in [0.15, 0.2) is 47.6 Å². The van der Waals surface area contributed by atoms with Crippen molar-refractivity contribution in [1.29, 1.82) is 0 Å². The number of benzene rings is 2. The summed E-state index contributed by atoms with van der Waals surface area (Å²) in [4.78, 5) is 11.7. The van der Waals surface area contributed by atoms with Gasteiger partial charge in [-0.1, -0.05) is 17.7 Å². The molecule has 0 atom stereocenters. The zero-order valence-corrected chi connectivity index (χ0v) is 15.0. The zero-order chi connectivity index (χ0) is 16.7. The van der Waals surface area contributed by atoms with E-state index in [1.807, 2.05) is 49.4 Å². The Morgan fingerprint density at radius 3 is 2.65 bits per heavy atom. The van der Waals surface area contributed by atoms with Gasteiger partial charge in [0.2, 0.25) is 0 Å². The number of hydrogen-bond donors (Lipinski definition) is 1. The number of carbonyl (C=O) groups is 1. The number of hydrogen-bond acceptors (Lipinski definition) is 4. The average Bonchev–Trinajstić information content (AvgIpc) is 2.54. The summed E-state index contributed by atoms with van der Waals surface area (Å²) in [5, 5.41) is 3.92. The van der Waals surface area contributed by atoms with Gasteiger partial charge in [0.15, 0.2) is 6.61 Å². The van der Waals surface area contributed by atoms with Crippen molar-refractivity contribution in [2.75, 3.05) is 13.7 Å². The van der Waals surface area contributed by atoms with Crippen LogP contribution < -0.4 is 14.9 Å². The maximum absolute atomic E-state index is 11.7. The van der Waals surface area contributed by atoms with Gasteiger partial charge in [-0.15, -0.1) is 0 Å². The second-order valence-electron chi connectivity index (χ2n) is 4.79. The molecule has 0 spiro atoms. The molecule has 0 fully saturated rings. The lowest BCUT2D eigenvalue weighted by Gasteiger charge is -2.05.